The second-order valence-electron chi connectivity index (χ2n) is 8.64. The van der Waals surface area contributed by atoms with Crippen molar-refractivity contribution in [3.8, 4) is 0 Å². The Hall–Kier alpha value is -1.83. The molecule has 3 aliphatic rings. The number of likely N-dealkylation sites (tertiary alicyclic amines) is 1. The number of carbonyl (C=O) groups is 3. The molecule has 8 nitrogen and oxygen atoms in total. The molecule has 146 valence electrons. The molecule has 0 aromatic rings. The van der Waals surface area contributed by atoms with Gasteiger partial charge in [0.15, 0.2) is 0 Å². The quantitative estimate of drug-likeness (QED) is 0.730. The second-order valence-corrected chi connectivity index (χ2v) is 8.64. The van der Waals surface area contributed by atoms with Gasteiger partial charge in [-0.2, -0.15) is 0 Å². The highest BCUT2D eigenvalue weighted by molar-refractivity contribution is 6.07. The molecule has 0 bridgehead atoms. The summed E-state index contributed by atoms with van der Waals surface area (Å²) in [6.45, 7) is 9.69. The lowest BCUT2D eigenvalue weighted by Gasteiger charge is -2.39. The first-order valence-electron chi connectivity index (χ1n) is 9.44. The van der Waals surface area contributed by atoms with Crippen LogP contribution in [-0.2, 0) is 14.3 Å². The molecule has 2 saturated heterocycles. The Labute approximate surface area is 154 Å². The maximum Gasteiger partial charge on any atom is 0.410 e. The van der Waals surface area contributed by atoms with Gasteiger partial charge in [0.25, 0.3) is 0 Å². The van der Waals surface area contributed by atoms with Crippen molar-refractivity contribution < 1.29 is 19.1 Å². The highest BCUT2D eigenvalue weighted by Crippen LogP contribution is 2.47. The molecule has 0 unspecified atom stereocenters. The lowest BCUT2D eigenvalue weighted by Crippen LogP contribution is -2.55. The highest BCUT2D eigenvalue weighted by Gasteiger charge is 2.57. The van der Waals surface area contributed by atoms with E-state index in [9.17, 15) is 14.4 Å². The maximum absolute atomic E-state index is 12.6. The fraction of sp³-hybridized carbons (Fsp3) is 0.833. The molecule has 3 rings (SSSR count). The van der Waals surface area contributed by atoms with Crippen molar-refractivity contribution in [3.63, 3.8) is 0 Å². The van der Waals surface area contributed by atoms with Gasteiger partial charge in [-0.25, -0.2) is 4.79 Å². The van der Waals surface area contributed by atoms with Gasteiger partial charge in [-0.3, -0.25) is 14.5 Å². The van der Waals surface area contributed by atoms with Gasteiger partial charge in [-0.15, -0.1) is 0 Å². The first-order chi connectivity index (χ1) is 12.1. The van der Waals surface area contributed by atoms with E-state index in [4.69, 9.17) is 10.5 Å². The topological polar surface area (TPSA) is 96.2 Å². The number of piperazine rings is 1. The van der Waals surface area contributed by atoms with Crippen LogP contribution in [0.15, 0.2) is 0 Å². The van der Waals surface area contributed by atoms with Gasteiger partial charge in [0, 0.05) is 45.3 Å². The molecule has 1 saturated carbocycles. The van der Waals surface area contributed by atoms with Crippen LogP contribution in [0.5, 0.6) is 0 Å². The van der Waals surface area contributed by atoms with E-state index >= 15 is 0 Å². The third-order valence-electron chi connectivity index (χ3n) is 5.56. The van der Waals surface area contributed by atoms with Crippen molar-refractivity contribution in [2.24, 2.45) is 11.1 Å². The summed E-state index contributed by atoms with van der Waals surface area (Å²) in [5.74, 6) is -0.597. The molecule has 3 fully saturated rings. The summed E-state index contributed by atoms with van der Waals surface area (Å²) in [4.78, 5) is 42.2. The fourth-order valence-electron chi connectivity index (χ4n) is 3.82. The molecule has 3 amide bonds. The molecule has 2 aliphatic heterocycles. The number of primary amides is 1. The van der Waals surface area contributed by atoms with Crippen LogP contribution in [0, 0.1) is 5.41 Å². The van der Waals surface area contributed by atoms with E-state index in [0.717, 1.165) is 19.5 Å². The second kappa shape index (κ2) is 6.72. The Morgan fingerprint density at radius 3 is 2.12 bits per heavy atom. The van der Waals surface area contributed by atoms with Crippen LogP contribution in [-0.4, -0.2) is 83.5 Å². The summed E-state index contributed by atoms with van der Waals surface area (Å²) in [6.07, 6.45) is 1.81. The lowest BCUT2D eigenvalue weighted by molar-refractivity contribution is -0.144. The van der Waals surface area contributed by atoms with Gasteiger partial charge < -0.3 is 20.3 Å². The molecule has 1 atom stereocenters. The van der Waals surface area contributed by atoms with Crippen molar-refractivity contribution in [1.82, 2.24) is 14.7 Å². The summed E-state index contributed by atoms with van der Waals surface area (Å²) in [5.41, 5.74) is 3.99. The number of carbonyl (C=O) groups excluding carboxylic acids is 3. The third-order valence-corrected chi connectivity index (χ3v) is 5.56. The highest BCUT2D eigenvalue weighted by atomic mass is 16.6. The number of nitrogens with zero attached hydrogens (tertiary/aromatic N) is 3. The first kappa shape index (κ1) is 18.9. The molecular weight excluding hydrogens is 336 g/mol. The summed E-state index contributed by atoms with van der Waals surface area (Å²) < 4.78 is 5.44. The molecule has 8 heteroatoms. The molecule has 1 aliphatic carbocycles. The van der Waals surface area contributed by atoms with E-state index in [1.165, 1.54) is 0 Å². The zero-order valence-electron chi connectivity index (χ0n) is 16.0. The molecule has 2 heterocycles. The number of hydrogen-bond donors (Lipinski definition) is 1. The Bertz CT molecular complexity index is 588. The molecular formula is C18H30N4O4. The van der Waals surface area contributed by atoms with Crippen LogP contribution < -0.4 is 5.73 Å². The van der Waals surface area contributed by atoms with E-state index in [0.29, 0.717) is 45.1 Å². The van der Waals surface area contributed by atoms with Crippen molar-refractivity contribution in [2.75, 3.05) is 39.3 Å². The monoisotopic (exact) mass is 366 g/mol. The first-order valence-corrected chi connectivity index (χ1v) is 9.44. The van der Waals surface area contributed by atoms with Crippen LogP contribution in [0.1, 0.15) is 40.0 Å². The van der Waals surface area contributed by atoms with E-state index in [-0.39, 0.29) is 12.0 Å². The number of amides is 3. The van der Waals surface area contributed by atoms with E-state index < -0.39 is 16.9 Å². The van der Waals surface area contributed by atoms with Crippen LogP contribution in [0.25, 0.3) is 0 Å². The zero-order chi connectivity index (χ0) is 19.1. The number of rotatable bonds is 3. The van der Waals surface area contributed by atoms with Gasteiger partial charge in [0.1, 0.15) is 11.0 Å². The molecule has 2 N–H and O–H groups in total. The normalized spacial score (nSPS) is 25.9. The van der Waals surface area contributed by atoms with Crippen molar-refractivity contribution in [1.29, 1.82) is 0 Å². The predicted molar refractivity (Wildman–Crippen MR) is 95.2 cm³/mol. The number of hydrogen-bond acceptors (Lipinski definition) is 5. The minimum Gasteiger partial charge on any atom is -0.444 e. The van der Waals surface area contributed by atoms with Crippen LogP contribution in [0.4, 0.5) is 4.79 Å². The minimum atomic E-state index is -0.928. The Morgan fingerprint density at radius 2 is 1.62 bits per heavy atom. The van der Waals surface area contributed by atoms with E-state index in [1.54, 1.807) is 9.80 Å². The average Bonchev–Trinajstić information content (AvgIpc) is 3.23. The van der Waals surface area contributed by atoms with Crippen LogP contribution in [0.2, 0.25) is 0 Å². The minimum absolute atomic E-state index is 0.105. The van der Waals surface area contributed by atoms with Crippen molar-refractivity contribution in [2.45, 2.75) is 51.7 Å². The van der Waals surface area contributed by atoms with Crippen molar-refractivity contribution >= 4 is 17.9 Å². The van der Waals surface area contributed by atoms with Crippen LogP contribution >= 0.6 is 0 Å². The Balaban J connectivity index is 1.48. The summed E-state index contributed by atoms with van der Waals surface area (Å²) in [5, 5.41) is 0. The predicted octanol–water partition coefficient (Wildman–Crippen LogP) is 0.406. The van der Waals surface area contributed by atoms with Gasteiger partial charge >= 0.3 is 6.09 Å². The molecule has 26 heavy (non-hydrogen) atoms. The van der Waals surface area contributed by atoms with Gasteiger partial charge in [-0.05, 0) is 40.0 Å². The van der Waals surface area contributed by atoms with Gasteiger partial charge in [-0.1, -0.05) is 0 Å². The van der Waals surface area contributed by atoms with Gasteiger partial charge in [0.2, 0.25) is 11.8 Å². The SMILES string of the molecule is CC(C)(C)OC(=O)N1CC[C@@H](N2CCN(C(=O)C3(C(N)=O)CC3)CC2)C1. The molecule has 0 aromatic heterocycles. The molecule has 0 radical (unpaired) electrons. The molecule has 0 aromatic carbocycles. The zero-order valence-corrected chi connectivity index (χ0v) is 16.0. The lowest BCUT2D eigenvalue weighted by atomic mass is 10.0. The van der Waals surface area contributed by atoms with E-state index in [1.807, 2.05) is 20.8 Å². The van der Waals surface area contributed by atoms with Crippen LogP contribution in [0.3, 0.4) is 0 Å². The molecule has 0 spiro atoms. The fourth-order valence-corrected chi connectivity index (χ4v) is 3.82. The largest absolute Gasteiger partial charge is 0.444 e. The maximum atomic E-state index is 12.6. The average molecular weight is 366 g/mol. The third kappa shape index (κ3) is 3.79. The summed E-state index contributed by atoms with van der Waals surface area (Å²) >= 11 is 0. The smallest absolute Gasteiger partial charge is 0.410 e. The van der Waals surface area contributed by atoms with Gasteiger partial charge in [0.05, 0.1) is 0 Å². The van der Waals surface area contributed by atoms with E-state index in [2.05, 4.69) is 4.90 Å². The van der Waals surface area contributed by atoms with Crippen molar-refractivity contribution in [3.05, 3.63) is 0 Å². The number of nitrogens with two attached hydrogens (primary N) is 1. The number of ether oxygens (including phenoxy) is 1. The summed E-state index contributed by atoms with van der Waals surface area (Å²) in [6, 6.07) is 0.297. The Kier molecular flexibility index (Phi) is 4.90. The standard InChI is InChI=1S/C18H30N4O4/c1-17(2,3)26-16(25)22-7-4-13(12-22)20-8-10-21(11-9-20)15(24)18(5-6-18)14(19)23/h13H,4-12H2,1-3H3,(H2,19,23)/t13-/m1/s1. The summed E-state index contributed by atoms with van der Waals surface area (Å²) in [7, 11) is 0. The Morgan fingerprint density at radius 1 is 1.00 bits per heavy atom.